The van der Waals surface area contributed by atoms with E-state index in [1.54, 1.807) is 11.1 Å². The molecule has 0 amide bonds. The highest BCUT2D eigenvalue weighted by Crippen LogP contribution is 2.45. The minimum atomic E-state index is 0.712. The van der Waals surface area contributed by atoms with Gasteiger partial charge in [-0.25, -0.2) is 0 Å². The van der Waals surface area contributed by atoms with Crippen molar-refractivity contribution in [3.63, 3.8) is 0 Å². The van der Waals surface area contributed by atoms with E-state index in [0.717, 1.165) is 43.0 Å². The first-order valence-electron chi connectivity index (χ1n) is 17.8. The Bertz CT molecular complexity index is 1650. The molecule has 6 nitrogen and oxygen atoms in total. The summed E-state index contributed by atoms with van der Waals surface area (Å²) in [6.07, 6.45) is 6.54. The first kappa shape index (κ1) is 30.7. The molecule has 6 saturated heterocycles. The summed E-state index contributed by atoms with van der Waals surface area (Å²) in [5.74, 6) is 5.16. The minimum Gasteiger partial charge on any atom is -0.494 e. The fourth-order valence-electron chi connectivity index (χ4n) is 9.23. The molecule has 6 aliphatic rings. The molecule has 2 aromatic carbocycles. The lowest BCUT2D eigenvalue weighted by atomic mass is 9.75. The molecule has 45 heavy (non-hydrogen) atoms. The summed E-state index contributed by atoms with van der Waals surface area (Å²) >= 11 is 0. The Morgan fingerprint density at radius 1 is 0.644 bits per heavy atom. The largest absolute Gasteiger partial charge is 0.494 e. The zero-order chi connectivity index (χ0) is 31.2. The van der Waals surface area contributed by atoms with Crippen LogP contribution in [0.5, 0.6) is 11.5 Å². The Kier molecular flexibility index (Phi) is 8.64. The lowest BCUT2D eigenvalue weighted by Crippen LogP contribution is -2.46. The molecule has 6 aliphatic heterocycles. The van der Waals surface area contributed by atoms with Crippen LogP contribution in [0.3, 0.4) is 0 Å². The van der Waals surface area contributed by atoms with Crippen LogP contribution in [0.15, 0.2) is 36.4 Å². The van der Waals surface area contributed by atoms with Gasteiger partial charge in [-0.15, -0.1) is 0 Å². The Hall–Kier alpha value is -2.96. The molecule has 10 rings (SSSR count). The predicted molar refractivity (Wildman–Crippen MR) is 186 cm³/mol. The van der Waals surface area contributed by atoms with Gasteiger partial charge in [0.25, 0.3) is 0 Å². The maximum atomic E-state index is 5.84. The highest BCUT2D eigenvalue weighted by atomic mass is 16.5. The van der Waals surface area contributed by atoms with Crippen molar-refractivity contribution >= 4 is 21.8 Å². The fourth-order valence-corrected chi connectivity index (χ4v) is 9.23. The van der Waals surface area contributed by atoms with Crippen LogP contribution in [0, 0.1) is 25.7 Å². The van der Waals surface area contributed by atoms with Gasteiger partial charge in [-0.3, -0.25) is 0 Å². The lowest BCUT2D eigenvalue weighted by Gasteiger charge is -2.45. The van der Waals surface area contributed by atoms with E-state index < -0.39 is 0 Å². The van der Waals surface area contributed by atoms with Gasteiger partial charge in [-0.1, -0.05) is 6.92 Å². The van der Waals surface area contributed by atoms with E-state index in [1.165, 1.54) is 98.1 Å². The number of ether oxygens (including phenoxy) is 2. The number of rotatable bonds is 7. The summed E-state index contributed by atoms with van der Waals surface area (Å²) in [5.41, 5.74) is 8.69. The van der Waals surface area contributed by atoms with E-state index in [0.29, 0.717) is 11.8 Å². The van der Waals surface area contributed by atoms with Crippen molar-refractivity contribution in [2.45, 2.75) is 71.6 Å². The maximum Gasteiger partial charge on any atom is 0.121 e. The number of hydrogen-bond acceptors (Lipinski definition) is 4. The third kappa shape index (κ3) is 5.56. The first-order chi connectivity index (χ1) is 21.9. The second-order valence-electron chi connectivity index (χ2n) is 14.2. The van der Waals surface area contributed by atoms with Crippen LogP contribution in [0.2, 0.25) is 0 Å². The molecule has 2 unspecified atom stereocenters. The van der Waals surface area contributed by atoms with Crippen molar-refractivity contribution in [3.8, 4) is 11.5 Å². The van der Waals surface area contributed by atoms with E-state index in [4.69, 9.17) is 9.47 Å². The molecule has 2 atom stereocenters. The summed E-state index contributed by atoms with van der Waals surface area (Å²) in [5, 5.41) is 2.87. The topological polar surface area (TPSA) is 34.8 Å². The van der Waals surface area contributed by atoms with Crippen LogP contribution in [0.4, 0.5) is 0 Å². The molecule has 8 heterocycles. The van der Waals surface area contributed by atoms with Crippen LogP contribution in [0.1, 0.15) is 80.3 Å². The van der Waals surface area contributed by atoms with Gasteiger partial charge in [0.2, 0.25) is 0 Å². The molecule has 0 saturated carbocycles. The van der Waals surface area contributed by atoms with Crippen LogP contribution >= 0.6 is 0 Å². The first-order valence-corrected chi connectivity index (χ1v) is 17.8. The quantitative estimate of drug-likeness (QED) is 0.214. The van der Waals surface area contributed by atoms with Gasteiger partial charge < -0.3 is 28.4 Å². The fraction of sp³-hybridized carbons (Fsp3) is 0.590. The van der Waals surface area contributed by atoms with E-state index in [9.17, 15) is 0 Å². The molecule has 6 fully saturated rings. The average molecular weight is 611 g/mol. The number of fused-ring (bicyclic) bond motifs is 8. The predicted octanol–water partition coefficient (Wildman–Crippen LogP) is 7.78. The Labute approximate surface area is 270 Å². The molecule has 0 aliphatic carbocycles. The van der Waals surface area contributed by atoms with Crippen LogP contribution in [-0.2, 0) is 14.1 Å². The smallest absolute Gasteiger partial charge is 0.121 e. The normalized spacial score (nSPS) is 27.2. The Balaban J connectivity index is 0.000000145. The molecule has 4 aromatic rings. The minimum absolute atomic E-state index is 0.712. The lowest BCUT2D eigenvalue weighted by molar-refractivity contribution is 0.0873. The molecular weight excluding hydrogens is 556 g/mol. The highest BCUT2D eigenvalue weighted by molar-refractivity contribution is 5.88. The van der Waals surface area contributed by atoms with Gasteiger partial charge in [0.15, 0.2) is 0 Å². The van der Waals surface area contributed by atoms with Gasteiger partial charge in [0.05, 0.1) is 24.2 Å². The number of aryl methyl sites for hydroxylation is 2. The van der Waals surface area contributed by atoms with Crippen molar-refractivity contribution in [2.24, 2.45) is 25.9 Å². The molecule has 4 bridgehead atoms. The molecule has 6 heteroatoms. The van der Waals surface area contributed by atoms with Crippen molar-refractivity contribution in [1.82, 2.24) is 18.9 Å². The molecule has 2 aromatic heterocycles. The van der Waals surface area contributed by atoms with Crippen LogP contribution in [0.25, 0.3) is 21.8 Å². The van der Waals surface area contributed by atoms with E-state index >= 15 is 0 Å². The Morgan fingerprint density at radius 3 is 1.47 bits per heavy atom. The summed E-state index contributed by atoms with van der Waals surface area (Å²) < 4.78 is 16.2. The molecular formula is C39H54N4O2. The van der Waals surface area contributed by atoms with E-state index in [-0.39, 0.29) is 0 Å². The third-order valence-corrected chi connectivity index (χ3v) is 11.9. The SMILES string of the molecule is CCCOc1ccc2c(C3CN4CCC3CC4)c(C)n(C)c2c1.CCOc1ccc2c(C3CN4CCC3CC4)c(C)n(C)c2c1. The van der Waals surface area contributed by atoms with Crippen molar-refractivity contribution < 1.29 is 9.47 Å². The van der Waals surface area contributed by atoms with Crippen LogP contribution < -0.4 is 9.47 Å². The molecule has 242 valence electrons. The number of nitrogens with zero attached hydrogens (tertiary/aromatic N) is 4. The summed E-state index contributed by atoms with van der Waals surface area (Å²) in [6.45, 7) is 18.0. The Morgan fingerprint density at radius 2 is 1.09 bits per heavy atom. The zero-order valence-corrected chi connectivity index (χ0v) is 28.6. The third-order valence-electron chi connectivity index (χ3n) is 11.9. The van der Waals surface area contributed by atoms with Crippen molar-refractivity contribution in [3.05, 3.63) is 58.9 Å². The summed E-state index contributed by atoms with van der Waals surface area (Å²) in [4.78, 5) is 5.30. The van der Waals surface area contributed by atoms with Gasteiger partial charge in [-0.05, 0) is 126 Å². The second-order valence-corrected chi connectivity index (χ2v) is 14.2. The van der Waals surface area contributed by atoms with Gasteiger partial charge in [-0.2, -0.15) is 0 Å². The average Bonchev–Trinajstić information content (AvgIpc) is 3.48. The number of hydrogen-bond donors (Lipinski definition) is 0. The van der Waals surface area contributed by atoms with Gasteiger partial charge >= 0.3 is 0 Å². The van der Waals surface area contributed by atoms with Crippen LogP contribution in [-0.4, -0.2) is 71.4 Å². The standard InChI is InChI=1S/C20H28N2O.C19H26N2O/c1-4-11-23-16-5-6-17-19(12-16)21(3)14(2)20(17)18-13-22-9-7-15(18)8-10-22;1-4-22-15-5-6-16-18(11-15)20(3)13(2)19(16)17-12-21-9-7-14(17)8-10-21/h5-6,12,15,18H,4,7-11,13H2,1-3H3;5-6,11,14,17H,4,7-10,12H2,1-3H3. The summed E-state index contributed by atoms with van der Waals surface area (Å²) in [7, 11) is 4.39. The number of benzene rings is 2. The molecule has 0 radical (unpaired) electrons. The maximum absolute atomic E-state index is 5.84. The zero-order valence-electron chi connectivity index (χ0n) is 28.6. The van der Waals surface area contributed by atoms with E-state index in [2.05, 4.69) is 90.2 Å². The molecule has 0 spiro atoms. The number of piperidine rings is 6. The van der Waals surface area contributed by atoms with E-state index in [1.807, 2.05) is 6.92 Å². The van der Waals surface area contributed by atoms with Gasteiger partial charge in [0, 0.05) is 73.3 Å². The number of aromatic nitrogens is 2. The summed E-state index contributed by atoms with van der Waals surface area (Å²) in [6, 6.07) is 13.3. The van der Waals surface area contributed by atoms with Gasteiger partial charge in [0.1, 0.15) is 11.5 Å². The second kappa shape index (κ2) is 12.7. The van der Waals surface area contributed by atoms with Crippen molar-refractivity contribution in [2.75, 3.05) is 52.5 Å². The highest BCUT2D eigenvalue weighted by Gasteiger charge is 2.38. The molecule has 0 N–H and O–H groups in total. The monoisotopic (exact) mass is 610 g/mol. The van der Waals surface area contributed by atoms with Crippen molar-refractivity contribution in [1.29, 1.82) is 0 Å².